The number of anilines is 1. The van der Waals surface area contributed by atoms with Gasteiger partial charge in [0, 0.05) is 41.8 Å². The number of nitrogens with one attached hydrogen (secondary N) is 2. The second kappa shape index (κ2) is 9.64. The van der Waals surface area contributed by atoms with E-state index < -0.39 is 24.0 Å². The van der Waals surface area contributed by atoms with Crippen molar-refractivity contribution in [3.8, 4) is 0 Å². The number of fused-ring (bicyclic) bond motifs is 3. The predicted molar refractivity (Wildman–Crippen MR) is 132 cm³/mol. The number of H-pyrrole nitrogens is 1. The summed E-state index contributed by atoms with van der Waals surface area (Å²) in [5, 5.41) is 10.1. The van der Waals surface area contributed by atoms with Crippen LogP contribution in [-0.2, 0) is 19.7 Å². The molecular formula is C26H26FN5O5. The fraction of sp³-hybridized carbons (Fsp3) is 0.346. The van der Waals surface area contributed by atoms with Gasteiger partial charge in [-0.25, -0.2) is 9.18 Å². The number of hydrogen-bond donors (Lipinski definition) is 2. The zero-order chi connectivity index (χ0) is 26.2. The average Bonchev–Trinajstić information content (AvgIpc) is 3.48. The summed E-state index contributed by atoms with van der Waals surface area (Å²) in [5.74, 6) is -1.56. The number of halogens is 1. The molecule has 37 heavy (non-hydrogen) atoms. The number of hydrogen-bond acceptors (Lipinski definition) is 6. The second-order valence-corrected chi connectivity index (χ2v) is 9.17. The van der Waals surface area contributed by atoms with Gasteiger partial charge in [0.2, 0.25) is 11.8 Å². The van der Waals surface area contributed by atoms with Crippen LogP contribution in [0.1, 0.15) is 39.1 Å². The van der Waals surface area contributed by atoms with Crippen LogP contribution >= 0.6 is 0 Å². The summed E-state index contributed by atoms with van der Waals surface area (Å²) in [6.07, 6.45) is 2.20. The number of esters is 1. The number of alkyl halides is 1. The minimum Gasteiger partial charge on any atom is -0.465 e. The molecule has 0 bridgehead atoms. The first-order valence-electron chi connectivity index (χ1n) is 12.0. The Balaban J connectivity index is 1.44. The Morgan fingerprint density at radius 1 is 1.19 bits per heavy atom. The highest BCUT2D eigenvalue weighted by Gasteiger charge is 2.54. The molecule has 3 amide bonds. The van der Waals surface area contributed by atoms with Gasteiger partial charge in [0.1, 0.15) is 13.2 Å². The van der Waals surface area contributed by atoms with Crippen molar-refractivity contribution in [3.05, 3.63) is 59.3 Å². The molecule has 10 nitrogen and oxygen atoms in total. The highest BCUT2D eigenvalue weighted by Crippen LogP contribution is 2.49. The van der Waals surface area contributed by atoms with Gasteiger partial charge < -0.3 is 19.9 Å². The first-order chi connectivity index (χ1) is 17.9. The summed E-state index contributed by atoms with van der Waals surface area (Å²) in [7, 11) is 1.27. The van der Waals surface area contributed by atoms with Gasteiger partial charge in [-0.05, 0) is 43.2 Å². The van der Waals surface area contributed by atoms with Crippen LogP contribution in [0.2, 0.25) is 0 Å². The zero-order valence-electron chi connectivity index (χ0n) is 20.3. The maximum absolute atomic E-state index is 13.9. The molecule has 2 N–H and O–H groups in total. The van der Waals surface area contributed by atoms with Crippen molar-refractivity contribution in [2.75, 3.05) is 44.9 Å². The Kier molecular flexibility index (Phi) is 6.36. The van der Waals surface area contributed by atoms with Crippen molar-refractivity contribution < 1.29 is 28.3 Å². The minimum absolute atomic E-state index is 0.150. The number of ether oxygens (including phenoxy) is 1. The summed E-state index contributed by atoms with van der Waals surface area (Å²) in [4.78, 5) is 55.3. The number of benzene rings is 2. The van der Waals surface area contributed by atoms with Crippen molar-refractivity contribution in [3.63, 3.8) is 0 Å². The molecule has 192 valence electrons. The van der Waals surface area contributed by atoms with Crippen LogP contribution in [0, 0.1) is 0 Å². The molecule has 3 aromatic rings. The summed E-state index contributed by atoms with van der Waals surface area (Å²) in [6.45, 7) is -0.603. The molecule has 2 aliphatic rings. The van der Waals surface area contributed by atoms with E-state index >= 15 is 0 Å². The highest BCUT2D eigenvalue weighted by molar-refractivity contribution is 6.13. The molecular weight excluding hydrogens is 481 g/mol. The third kappa shape index (κ3) is 4.09. The van der Waals surface area contributed by atoms with E-state index in [2.05, 4.69) is 15.5 Å². The lowest BCUT2D eigenvalue weighted by molar-refractivity contribution is -0.127. The molecule has 11 heteroatoms. The first-order valence-corrected chi connectivity index (χ1v) is 12.0. The maximum atomic E-state index is 13.9. The molecule has 1 saturated heterocycles. The lowest BCUT2D eigenvalue weighted by Gasteiger charge is -2.39. The van der Waals surface area contributed by atoms with Crippen molar-refractivity contribution >= 4 is 40.3 Å². The van der Waals surface area contributed by atoms with Gasteiger partial charge in [-0.1, -0.05) is 6.07 Å². The van der Waals surface area contributed by atoms with Crippen LogP contribution in [0.5, 0.6) is 0 Å². The topological polar surface area (TPSA) is 125 Å². The van der Waals surface area contributed by atoms with Gasteiger partial charge in [0.05, 0.1) is 29.8 Å². The van der Waals surface area contributed by atoms with Crippen molar-refractivity contribution in [1.29, 1.82) is 0 Å². The predicted octanol–water partition coefficient (Wildman–Crippen LogP) is 1.96. The Morgan fingerprint density at radius 2 is 1.97 bits per heavy atom. The zero-order valence-corrected chi connectivity index (χ0v) is 20.3. The van der Waals surface area contributed by atoms with Crippen LogP contribution in [-0.4, -0.2) is 78.8 Å². The van der Waals surface area contributed by atoms with E-state index in [0.717, 1.165) is 10.9 Å². The Labute approximate surface area is 211 Å². The molecule has 2 aliphatic heterocycles. The van der Waals surface area contributed by atoms with E-state index in [1.165, 1.54) is 12.0 Å². The van der Waals surface area contributed by atoms with E-state index in [1.54, 1.807) is 47.5 Å². The monoisotopic (exact) mass is 507 g/mol. The van der Waals surface area contributed by atoms with Crippen LogP contribution in [0.15, 0.2) is 42.6 Å². The quantitative estimate of drug-likeness (QED) is 0.492. The maximum Gasteiger partial charge on any atom is 0.338 e. The van der Waals surface area contributed by atoms with Crippen molar-refractivity contribution in [2.24, 2.45) is 0 Å². The van der Waals surface area contributed by atoms with Gasteiger partial charge in [-0.15, -0.1) is 0 Å². The van der Waals surface area contributed by atoms with Gasteiger partial charge >= 0.3 is 5.97 Å². The molecule has 1 spiro atoms. The molecule has 2 aromatic carbocycles. The Bertz CT molecular complexity index is 1400. The van der Waals surface area contributed by atoms with Gasteiger partial charge in [-0.3, -0.25) is 19.5 Å². The van der Waals surface area contributed by atoms with E-state index in [0.29, 0.717) is 16.8 Å². The standard InChI is InChI=1S/C26H26FN5O5/c1-37-24(35)18-3-2-4-20-22(18)26(25(36)32(20)15-21(33)28-10-9-27)7-11-31(12-8-26)23(34)16-5-6-19-17(13-16)14-29-30-19/h2-6,13-14H,7-12,15H2,1H3,(H,28,33)(H,29,30). The first kappa shape index (κ1) is 24.4. The molecule has 0 radical (unpaired) electrons. The largest absolute Gasteiger partial charge is 0.465 e. The van der Waals surface area contributed by atoms with E-state index in [-0.39, 0.29) is 56.4 Å². The fourth-order valence-electron chi connectivity index (χ4n) is 5.38. The third-order valence-electron chi connectivity index (χ3n) is 7.18. The van der Waals surface area contributed by atoms with E-state index in [1.807, 2.05) is 0 Å². The van der Waals surface area contributed by atoms with Gasteiger partial charge in [0.15, 0.2) is 0 Å². The highest BCUT2D eigenvalue weighted by atomic mass is 19.1. The number of aromatic nitrogens is 2. The van der Waals surface area contributed by atoms with Crippen molar-refractivity contribution in [2.45, 2.75) is 18.3 Å². The van der Waals surface area contributed by atoms with E-state index in [4.69, 9.17) is 4.74 Å². The normalized spacial score (nSPS) is 16.2. The lowest BCUT2D eigenvalue weighted by Crippen LogP contribution is -2.51. The Hall–Kier alpha value is -4.28. The van der Waals surface area contributed by atoms with Gasteiger partial charge in [0.25, 0.3) is 5.91 Å². The fourth-order valence-corrected chi connectivity index (χ4v) is 5.38. The smallest absolute Gasteiger partial charge is 0.338 e. The summed E-state index contributed by atoms with van der Waals surface area (Å²) < 4.78 is 17.5. The number of likely N-dealkylation sites (tertiary alicyclic amines) is 1. The molecule has 0 aliphatic carbocycles. The molecule has 1 fully saturated rings. The Morgan fingerprint density at radius 3 is 2.70 bits per heavy atom. The number of carbonyl (C=O) groups is 4. The molecule has 0 atom stereocenters. The lowest BCUT2D eigenvalue weighted by atomic mass is 9.72. The molecule has 0 saturated carbocycles. The third-order valence-corrected chi connectivity index (χ3v) is 7.18. The minimum atomic E-state index is -1.09. The summed E-state index contributed by atoms with van der Waals surface area (Å²) >= 11 is 0. The molecule has 5 rings (SSSR count). The molecule has 1 aromatic heterocycles. The number of methoxy groups -OCH3 is 1. The number of rotatable bonds is 6. The number of carbonyl (C=O) groups excluding carboxylic acids is 4. The molecule has 3 heterocycles. The SMILES string of the molecule is COC(=O)c1cccc2c1C1(CCN(C(=O)c3ccc4[nH]ncc4c3)CC1)C(=O)N2CC(=O)NCCF. The number of aromatic amines is 1. The van der Waals surface area contributed by atoms with Crippen molar-refractivity contribution in [1.82, 2.24) is 20.4 Å². The summed E-state index contributed by atoms with van der Waals surface area (Å²) in [5.41, 5.74) is 1.47. The summed E-state index contributed by atoms with van der Waals surface area (Å²) in [6, 6.07) is 10.2. The second-order valence-electron chi connectivity index (χ2n) is 9.17. The van der Waals surface area contributed by atoms with Crippen LogP contribution in [0.4, 0.5) is 10.1 Å². The number of amides is 3. The van der Waals surface area contributed by atoms with Crippen LogP contribution in [0.25, 0.3) is 10.9 Å². The number of piperidine rings is 1. The van der Waals surface area contributed by atoms with E-state index in [9.17, 15) is 23.6 Å². The number of nitrogens with zero attached hydrogens (tertiary/aromatic N) is 3. The molecule has 0 unspecified atom stereocenters. The van der Waals surface area contributed by atoms with Gasteiger partial charge in [-0.2, -0.15) is 5.10 Å². The average molecular weight is 508 g/mol. The van der Waals surface area contributed by atoms with Crippen LogP contribution in [0.3, 0.4) is 0 Å². The van der Waals surface area contributed by atoms with Crippen LogP contribution < -0.4 is 10.2 Å².